The van der Waals surface area contributed by atoms with Crippen LogP contribution in [0.25, 0.3) is 0 Å². The Morgan fingerprint density at radius 1 is 1.24 bits per heavy atom. The van der Waals surface area contributed by atoms with Gasteiger partial charge in [-0.3, -0.25) is 0 Å². The largest absolute Gasteiger partial charge is 0.493 e. The van der Waals surface area contributed by atoms with E-state index in [4.69, 9.17) is 4.74 Å². The highest BCUT2D eigenvalue weighted by Gasteiger charge is 2.07. The molecule has 0 saturated carbocycles. The van der Waals surface area contributed by atoms with Crippen molar-refractivity contribution in [2.75, 3.05) is 6.61 Å². The Morgan fingerprint density at radius 3 is 2.65 bits per heavy atom. The lowest BCUT2D eigenvalue weighted by Crippen LogP contribution is -2.01. The molecule has 0 heterocycles. The van der Waals surface area contributed by atoms with Crippen LogP contribution in [0.3, 0.4) is 0 Å². The average molecular weight is 232 g/mol. The molecule has 94 valence electrons. The summed E-state index contributed by atoms with van der Waals surface area (Å²) in [6.07, 6.45) is 6.49. The Balaban J connectivity index is 2.72. The lowest BCUT2D eigenvalue weighted by molar-refractivity contribution is 0.304. The predicted molar refractivity (Wildman–Crippen MR) is 74.8 cm³/mol. The van der Waals surface area contributed by atoms with Crippen molar-refractivity contribution in [2.24, 2.45) is 0 Å². The van der Waals surface area contributed by atoms with Crippen LogP contribution in [0.1, 0.15) is 42.9 Å². The predicted octanol–water partition coefficient (Wildman–Crippen LogP) is 4.60. The number of ether oxygens (including phenoxy) is 1. The minimum Gasteiger partial charge on any atom is -0.493 e. The van der Waals surface area contributed by atoms with Crippen LogP contribution in [0, 0.1) is 13.8 Å². The molecule has 0 aliphatic carbocycles. The summed E-state index contributed by atoms with van der Waals surface area (Å²) in [5, 5.41) is 0. The van der Waals surface area contributed by atoms with Crippen LogP contribution in [-0.4, -0.2) is 6.61 Å². The molecule has 0 fully saturated rings. The van der Waals surface area contributed by atoms with Gasteiger partial charge in [-0.1, -0.05) is 31.9 Å². The Kier molecular flexibility index (Phi) is 5.82. The van der Waals surface area contributed by atoms with Crippen LogP contribution in [0.15, 0.2) is 24.8 Å². The molecule has 1 heteroatoms. The van der Waals surface area contributed by atoms with Crippen molar-refractivity contribution < 1.29 is 4.74 Å². The van der Waals surface area contributed by atoms with E-state index in [0.29, 0.717) is 0 Å². The Bertz CT molecular complexity index is 366. The third-order valence-corrected chi connectivity index (χ3v) is 3.14. The molecule has 1 aromatic rings. The maximum Gasteiger partial charge on any atom is 0.122 e. The normalized spacial score (nSPS) is 10.3. The topological polar surface area (TPSA) is 9.23 Å². The third-order valence-electron chi connectivity index (χ3n) is 3.14. The van der Waals surface area contributed by atoms with E-state index >= 15 is 0 Å². The number of aryl methyl sites for hydroxylation is 1. The van der Waals surface area contributed by atoms with Crippen molar-refractivity contribution in [3.05, 3.63) is 41.5 Å². The summed E-state index contributed by atoms with van der Waals surface area (Å²) in [5.41, 5.74) is 3.94. The molecule has 17 heavy (non-hydrogen) atoms. The zero-order chi connectivity index (χ0) is 12.7. The number of hydrogen-bond acceptors (Lipinski definition) is 1. The van der Waals surface area contributed by atoms with Crippen molar-refractivity contribution in [2.45, 2.75) is 46.5 Å². The molecular formula is C16H24O. The molecule has 0 saturated heterocycles. The first kappa shape index (κ1) is 13.8. The van der Waals surface area contributed by atoms with E-state index < -0.39 is 0 Å². The summed E-state index contributed by atoms with van der Waals surface area (Å²) >= 11 is 0. The van der Waals surface area contributed by atoms with Gasteiger partial charge in [0, 0.05) is 0 Å². The molecule has 0 N–H and O–H groups in total. The molecule has 0 bridgehead atoms. The quantitative estimate of drug-likeness (QED) is 0.493. The van der Waals surface area contributed by atoms with E-state index in [-0.39, 0.29) is 0 Å². The molecule has 0 unspecified atom stereocenters. The molecule has 0 spiro atoms. The first-order chi connectivity index (χ1) is 8.20. The second-order valence-corrected chi connectivity index (χ2v) is 4.53. The van der Waals surface area contributed by atoms with Crippen LogP contribution >= 0.6 is 0 Å². The fourth-order valence-electron chi connectivity index (χ4n) is 2.02. The van der Waals surface area contributed by atoms with Crippen molar-refractivity contribution in [1.82, 2.24) is 0 Å². The third kappa shape index (κ3) is 3.92. The molecule has 0 radical (unpaired) electrons. The summed E-state index contributed by atoms with van der Waals surface area (Å²) in [5.74, 6) is 1.03. The van der Waals surface area contributed by atoms with E-state index in [0.717, 1.165) is 25.2 Å². The van der Waals surface area contributed by atoms with E-state index in [1.807, 2.05) is 6.08 Å². The van der Waals surface area contributed by atoms with E-state index in [1.165, 1.54) is 29.5 Å². The molecule has 1 aromatic carbocycles. The number of allylic oxidation sites excluding steroid dienone is 1. The van der Waals surface area contributed by atoms with E-state index in [9.17, 15) is 0 Å². The lowest BCUT2D eigenvalue weighted by atomic mass is 9.99. The van der Waals surface area contributed by atoms with Gasteiger partial charge < -0.3 is 4.74 Å². The Morgan fingerprint density at radius 2 is 2.00 bits per heavy atom. The standard InChI is InChI=1S/C16H24O/c1-5-7-8-12-17-16-11-10-13(3)15(9-6-2)14(16)4/h6,10-11H,2,5,7-9,12H2,1,3-4H3. The van der Waals surface area contributed by atoms with Crippen LogP contribution in [0.2, 0.25) is 0 Å². The van der Waals surface area contributed by atoms with Gasteiger partial charge in [0.05, 0.1) is 6.61 Å². The Hall–Kier alpha value is -1.24. The number of benzene rings is 1. The highest BCUT2D eigenvalue weighted by atomic mass is 16.5. The van der Waals surface area contributed by atoms with Crippen LogP contribution in [0.5, 0.6) is 5.75 Å². The fourth-order valence-corrected chi connectivity index (χ4v) is 2.02. The van der Waals surface area contributed by atoms with Gasteiger partial charge >= 0.3 is 0 Å². The SMILES string of the molecule is C=CCc1c(C)ccc(OCCCCC)c1C. The number of unbranched alkanes of at least 4 members (excludes halogenated alkanes) is 2. The monoisotopic (exact) mass is 232 g/mol. The van der Waals surface area contributed by atoms with Gasteiger partial charge in [-0.2, -0.15) is 0 Å². The minimum atomic E-state index is 0.825. The van der Waals surface area contributed by atoms with E-state index in [2.05, 4.69) is 39.5 Å². The summed E-state index contributed by atoms with van der Waals surface area (Å²) < 4.78 is 5.85. The summed E-state index contributed by atoms with van der Waals surface area (Å²) in [6.45, 7) is 11.1. The van der Waals surface area contributed by atoms with Crippen LogP contribution in [-0.2, 0) is 6.42 Å². The molecule has 1 nitrogen and oxygen atoms in total. The van der Waals surface area contributed by atoms with Crippen molar-refractivity contribution in [3.63, 3.8) is 0 Å². The van der Waals surface area contributed by atoms with Crippen LogP contribution in [0.4, 0.5) is 0 Å². The molecule has 1 rings (SSSR count). The van der Waals surface area contributed by atoms with Crippen molar-refractivity contribution in [1.29, 1.82) is 0 Å². The highest BCUT2D eigenvalue weighted by molar-refractivity contribution is 5.44. The molecule has 0 aromatic heterocycles. The second kappa shape index (κ2) is 7.16. The maximum atomic E-state index is 5.85. The van der Waals surface area contributed by atoms with Gasteiger partial charge in [0.25, 0.3) is 0 Å². The van der Waals surface area contributed by atoms with Crippen molar-refractivity contribution in [3.8, 4) is 5.75 Å². The van der Waals surface area contributed by atoms with E-state index in [1.54, 1.807) is 0 Å². The highest BCUT2D eigenvalue weighted by Crippen LogP contribution is 2.25. The van der Waals surface area contributed by atoms with Crippen LogP contribution < -0.4 is 4.74 Å². The Labute approximate surface area is 106 Å². The summed E-state index contributed by atoms with van der Waals surface area (Å²) in [4.78, 5) is 0. The molecule has 0 amide bonds. The van der Waals surface area contributed by atoms with Gasteiger partial charge in [0.2, 0.25) is 0 Å². The van der Waals surface area contributed by atoms with Gasteiger partial charge in [-0.05, 0) is 49.4 Å². The van der Waals surface area contributed by atoms with Gasteiger partial charge in [-0.15, -0.1) is 6.58 Å². The van der Waals surface area contributed by atoms with Gasteiger partial charge in [0.1, 0.15) is 5.75 Å². The first-order valence-corrected chi connectivity index (χ1v) is 6.53. The fraction of sp³-hybridized carbons (Fsp3) is 0.500. The minimum absolute atomic E-state index is 0.825. The van der Waals surface area contributed by atoms with Gasteiger partial charge in [0.15, 0.2) is 0 Å². The number of hydrogen-bond donors (Lipinski definition) is 0. The zero-order valence-electron chi connectivity index (χ0n) is 11.4. The van der Waals surface area contributed by atoms with Crippen molar-refractivity contribution >= 4 is 0 Å². The molecule has 0 atom stereocenters. The maximum absolute atomic E-state index is 5.85. The molecular weight excluding hydrogens is 208 g/mol. The van der Waals surface area contributed by atoms with Gasteiger partial charge in [-0.25, -0.2) is 0 Å². The second-order valence-electron chi connectivity index (χ2n) is 4.53. The summed E-state index contributed by atoms with van der Waals surface area (Å²) in [7, 11) is 0. The first-order valence-electron chi connectivity index (χ1n) is 6.53. The zero-order valence-corrected chi connectivity index (χ0v) is 11.4. The lowest BCUT2D eigenvalue weighted by Gasteiger charge is -2.14. The smallest absolute Gasteiger partial charge is 0.122 e. The molecule has 0 aliphatic heterocycles. The summed E-state index contributed by atoms with van der Waals surface area (Å²) in [6, 6.07) is 4.23. The average Bonchev–Trinajstić information content (AvgIpc) is 2.32. The molecule has 0 aliphatic rings. The number of rotatable bonds is 7.